The summed E-state index contributed by atoms with van der Waals surface area (Å²) in [5.74, 6) is 1.56. The van der Waals surface area contributed by atoms with Crippen LogP contribution < -0.4 is 14.8 Å². The van der Waals surface area contributed by atoms with Crippen LogP contribution >= 0.6 is 11.3 Å². The van der Waals surface area contributed by atoms with Gasteiger partial charge in [-0.05, 0) is 26.0 Å². The Bertz CT molecular complexity index is 567. The summed E-state index contributed by atoms with van der Waals surface area (Å²) in [4.78, 5) is 5.67. The highest BCUT2D eigenvalue weighted by Gasteiger charge is 2.08. The standard InChI is InChI=1S/C14H18N2O2S/c1-9-14(19-10(2)16-9)8-15-12-6-5-11(17-3)7-13(12)18-4/h5-7,15H,8H2,1-4H3. The van der Waals surface area contributed by atoms with E-state index < -0.39 is 0 Å². The zero-order chi connectivity index (χ0) is 13.8. The lowest BCUT2D eigenvalue weighted by Gasteiger charge is -2.12. The van der Waals surface area contributed by atoms with Gasteiger partial charge in [-0.25, -0.2) is 4.98 Å². The van der Waals surface area contributed by atoms with Crippen molar-refractivity contribution in [2.45, 2.75) is 20.4 Å². The molecule has 0 fully saturated rings. The molecule has 0 aliphatic rings. The third-order valence-electron chi connectivity index (χ3n) is 2.85. The van der Waals surface area contributed by atoms with Crippen LogP contribution in [0.25, 0.3) is 0 Å². The number of ether oxygens (including phenoxy) is 2. The molecule has 0 saturated carbocycles. The predicted molar refractivity (Wildman–Crippen MR) is 78.5 cm³/mol. The van der Waals surface area contributed by atoms with E-state index >= 15 is 0 Å². The summed E-state index contributed by atoms with van der Waals surface area (Å²) in [7, 11) is 3.30. The van der Waals surface area contributed by atoms with Crippen LogP contribution in [-0.2, 0) is 6.54 Å². The quantitative estimate of drug-likeness (QED) is 0.910. The third kappa shape index (κ3) is 3.17. The molecule has 0 radical (unpaired) electrons. The van der Waals surface area contributed by atoms with E-state index in [-0.39, 0.29) is 0 Å². The molecule has 1 N–H and O–H groups in total. The SMILES string of the molecule is COc1ccc(NCc2sc(C)nc2C)c(OC)c1. The number of methoxy groups -OCH3 is 2. The molecule has 102 valence electrons. The van der Waals surface area contributed by atoms with Crippen molar-refractivity contribution < 1.29 is 9.47 Å². The summed E-state index contributed by atoms with van der Waals surface area (Å²) in [6.45, 7) is 4.81. The Labute approximate surface area is 117 Å². The van der Waals surface area contributed by atoms with Crippen molar-refractivity contribution in [3.63, 3.8) is 0 Å². The monoisotopic (exact) mass is 278 g/mol. The first-order chi connectivity index (χ1) is 9.13. The molecule has 1 aromatic heterocycles. The molecule has 2 aromatic rings. The maximum absolute atomic E-state index is 5.36. The van der Waals surface area contributed by atoms with Crippen LogP contribution in [0.15, 0.2) is 18.2 Å². The molecule has 4 nitrogen and oxygen atoms in total. The second-order valence-corrected chi connectivity index (χ2v) is 5.45. The zero-order valence-electron chi connectivity index (χ0n) is 11.6. The Morgan fingerprint density at radius 3 is 2.58 bits per heavy atom. The summed E-state index contributed by atoms with van der Waals surface area (Å²) >= 11 is 1.72. The smallest absolute Gasteiger partial charge is 0.145 e. The molecule has 0 aliphatic heterocycles. The zero-order valence-corrected chi connectivity index (χ0v) is 12.4. The summed E-state index contributed by atoms with van der Waals surface area (Å²) in [5, 5.41) is 4.47. The number of thiazole rings is 1. The highest BCUT2D eigenvalue weighted by Crippen LogP contribution is 2.30. The van der Waals surface area contributed by atoms with Crippen molar-refractivity contribution in [2.75, 3.05) is 19.5 Å². The first-order valence-electron chi connectivity index (χ1n) is 6.03. The van der Waals surface area contributed by atoms with Gasteiger partial charge < -0.3 is 14.8 Å². The topological polar surface area (TPSA) is 43.4 Å². The number of nitrogens with one attached hydrogen (secondary N) is 1. The van der Waals surface area contributed by atoms with Gasteiger partial charge in [-0.15, -0.1) is 11.3 Å². The van der Waals surface area contributed by atoms with E-state index in [4.69, 9.17) is 9.47 Å². The lowest BCUT2D eigenvalue weighted by atomic mass is 10.2. The van der Waals surface area contributed by atoms with Crippen molar-refractivity contribution in [1.29, 1.82) is 0 Å². The van der Waals surface area contributed by atoms with E-state index in [2.05, 4.69) is 10.3 Å². The molecular formula is C14H18N2O2S. The van der Waals surface area contributed by atoms with Crippen LogP contribution in [0.5, 0.6) is 11.5 Å². The van der Waals surface area contributed by atoms with Crippen LogP contribution in [0.3, 0.4) is 0 Å². The number of hydrogen-bond acceptors (Lipinski definition) is 5. The average Bonchev–Trinajstić information content (AvgIpc) is 2.74. The Kier molecular flexibility index (Phi) is 4.27. The Morgan fingerprint density at radius 1 is 1.21 bits per heavy atom. The summed E-state index contributed by atoms with van der Waals surface area (Å²) in [6.07, 6.45) is 0. The van der Waals surface area contributed by atoms with Gasteiger partial charge in [0.2, 0.25) is 0 Å². The second-order valence-electron chi connectivity index (χ2n) is 4.16. The molecule has 2 rings (SSSR count). The molecule has 0 aliphatic carbocycles. The van der Waals surface area contributed by atoms with Crippen LogP contribution in [0.1, 0.15) is 15.6 Å². The molecule has 1 aromatic carbocycles. The molecule has 1 heterocycles. The Hall–Kier alpha value is -1.75. The number of rotatable bonds is 5. The van der Waals surface area contributed by atoms with Crippen molar-refractivity contribution >= 4 is 17.0 Å². The van der Waals surface area contributed by atoms with Gasteiger partial charge in [0.15, 0.2) is 0 Å². The summed E-state index contributed by atoms with van der Waals surface area (Å²) in [5.41, 5.74) is 2.04. The fourth-order valence-electron chi connectivity index (χ4n) is 1.86. The first-order valence-corrected chi connectivity index (χ1v) is 6.84. The number of hydrogen-bond donors (Lipinski definition) is 1. The minimum absolute atomic E-state index is 0.750. The second kappa shape index (κ2) is 5.93. The minimum atomic E-state index is 0.750. The maximum atomic E-state index is 5.36. The minimum Gasteiger partial charge on any atom is -0.497 e. The third-order valence-corrected chi connectivity index (χ3v) is 3.92. The molecule has 0 bridgehead atoms. The van der Waals surface area contributed by atoms with Crippen LogP contribution in [-0.4, -0.2) is 19.2 Å². The van der Waals surface area contributed by atoms with Crippen molar-refractivity contribution in [3.05, 3.63) is 33.8 Å². The van der Waals surface area contributed by atoms with Gasteiger partial charge in [0, 0.05) is 10.9 Å². The molecule has 0 amide bonds. The fourth-order valence-corrected chi connectivity index (χ4v) is 2.73. The lowest BCUT2D eigenvalue weighted by molar-refractivity contribution is 0.395. The van der Waals surface area contributed by atoms with Crippen LogP contribution in [0, 0.1) is 13.8 Å². The van der Waals surface area contributed by atoms with E-state index in [1.807, 2.05) is 32.0 Å². The van der Waals surface area contributed by atoms with Gasteiger partial charge in [-0.1, -0.05) is 0 Å². The Balaban J connectivity index is 2.13. The predicted octanol–water partition coefficient (Wildman–Crippen LogP) is 3.39. The molecule has 0 atom stereocenters. The number of nitrogens with zero attached hydrogens (tertiary/aromatic N) is 1. The van der Waals surface area contributed by atoms with E-state index in [1.165, 1.54) is 4.88 Å². The molecule has 0 saturated heterocycles. The van der Waals surface area contributed by atoms with Gasteiger partial charge >= 0.3 is 0 Å². The van der Waals surface area contributed by atoms with E-state index in [0.717, 1.165) is 34.4 Å². The van der Waals surface area contributed by atoms with Gasteiger partial charge in [0.05, 0.1) is 37.2 Å². The lowest BCUT2D eigenvalue weighted by Crippen LogP contribution is -2.01. The number of benzene rings is 1. The van der Waals surface area contributed by atoms with Gasteiger partial charge in [0.1, 0.15) is 11.5 Å². The molecule has 0 unspecified atom stereocenters. The first kappa shape index (κ1) is 13.7. The number of aryl methyl sites for hydroxylation is 2. The van der Waals surface area contributed by atoms with Crippen molar-refractivity contribution in [3.8, 4) is 11.5 Å². The molecule has 5 heteroatoms. The van der Waals surface area contributed by atoms with Crippen LogP contribution in [0.2, 0.25) is 0 Å². The van der Waals surface area contributed by atoms with Gasteiger partial charge in [-0.3, -0.25) is 0 Å². The normalized spacial score (nSPS) is 10.3. The van der Waals surface area contributed by atoms with E-state index in [0.29, 0.717) is 0 Å². The van der Waals surface area contributed by atoms with E-state index in [9.17, 15) is 0 Å². The van der Waals surface area contributed by atoms with E-state index in [1.54, 1.807) is 25.6 Å². The summed E-state index contributed by atoms with van der Waals surface area (Å²) in [6, 6.07) is 5.74. The average molecular weight is 278 g/mol. The fraction of sp³-hybridized carbons (Fsp3) is 0.357. The molecule has 19 heavy (non-hydrogen) atoms. The largest absolute Gasteiger partial charge is 0.497 e. The maximum Gasteiger partial charge on any atom is 0.145 e. The van der Waals surface area contributed by atoms with Crippen molar-refractivity contribution in [2.24, 2.45) is 0 Å². The summed E-state index contributed by atoms with van der Waals surface area (Å²) < 4.78 is 10.5. The van der Waals surface area contributed by atoms with Crippen LogP contribution in [0.4, 0.5) is 5.69 Å². The highest BCUT2D eigenvalue weighted by atomic mass is 32.1. The molecule has 0 spiro atoms. The van der Waals surface area contributed by atoms with Gasteiger partial charge in [0.25, 0.3) is 0 Å². The number of anilines is 1. The number of aromatic nitrogens is 1. The Morgan fingerprint density at radius 2 is 2.00 bits per heavy atom. The van der Waals surface area contributed by atoms with Gasteiger partial charge in [-0.2, -0.15) is 0 Å². The van der Waals surface area contributed by atoms with Crippen molar-refractivity contribution in [1.82, 2.24) is 4.98 Å². The molecular weight excluding hydrogens is 260 g/mol. The highest BCUT2D eigenvalue weighted by molar-refractivity contribution is 7.11.